The lowest BCUT2D eigenvalue weighted by Gasteiger charge is -2.70. The van der Waals surface area contributed by atoms with Crippen LogP contribution in [0.15, 0.2) is 67.0 Å². The smallest absolute Gasteiger partial charge is 0.339 e. The molecule has 2 aromatic rings. The number of cyclic esters (lactones) is 1. The number of carbonyl (C=O) groups excluding carboxylic acids is 3. The molecule has 9 heteroatoms. The van der Waals surface area contributed by atoms with Gasteiger partial charge in [-0.25, -0.2) is 9.59 Å². The Morgan fingerprint density at radius 2 is 1.76 bits per heavy atom. The number of rotatable bonds is 4. The minimum absolute atomic E-state index is 0.0335. The summed E-state index contributed by atoms with van der Waals surface area (Å²) in [6.45, 7) is 10.1. The molecule has 2 saturated carbocycles. The van der Waals surface area contributed by atoms with Gasteiger partial charge in [0.25, 0.3) is 0 Å². The lowest BCUT2D eigenvalue weighted by molar-refractivity contribution is -0.362. The topological polar surface area (TPSA) is 121 Å². The second-order valence-corrected chi connectivity index (χ2v) is 12.8. The van der Waals surface area contributed by atoms with Crippen LogP contribution in [0.2, 0.25) is 0 Å². The van der Waals surface area contributed by atoms with Crippen LogP contribution >= 0.6 is 0 Å². The molecule has 0 amide bonds. The largest absolute Gasteiger partial charge is 0.462 e. The molecule has 42 heavy (non-hydrogen) atoms. The predicted molar refractivity (Wildman–Crippen MR) is 150 cm³/mol. The van der Waals surface area contributed by atoms with Gasteiger partial charge in [-0.3, -0.25) is 9.78 Å². The number of pyridine rings is 1. The Labute approximate surface area is 245 Å². The third-order valence-electron chi connectivity index (χ3n) is 10.7. The lowest BCUT2D eigenvalue weighted by Crippen LogP contribution is -2.79. The normalized spacial score (nSPS) is 39.1. The summed E-state index contributed by atoms with van der Waals surface area (Å²) in [4.78, 5) is 43.4. The van der Waals surface area contributed by atoms with Crippen LogP contribution in [0.5, 0.6) is 0 Å². The number of aliphatic hydroxyl groups is 1. The highest BCUT2D eigenvalue weighted by molar-refractivity contribution is 5.90. The average molecular weight is 576 g/mol. The fourth-order valence-electron chi connectivity index (χ4n) is 8.26. The van der Waals surface area contributed by atoms with Gasteiger partial charge in [0.15, 0.2) is 0 Å². The highest BCUT2D eigenvalue weighted by Crippen LogP contribution is 2.69. The molecular weight excluding hydrogens is 538 g/mol. The van der Waals surface area contributed by atoms with Crippen molar-refractivity contribution >= 4 is 17.9 Å². The van der Waals surface area contributed by atoms with Crippen molar-refractivity contribution in [1.29, 1.82) is 0 Å². The SMILES string of the molecule is C=C1CCC[C@H]2[C@@]1(C)[C@@H](OC(=O)c1ccccc1)[C@H](O)[C@]1(C)O[C@@]3(COC(=O)C3)C[C@H](OC(=O)c3cccnc3)[C@]21C. The van der Waals surface area contributed by atoms with Crippen molar-refractivity contribution in [2.75, 3.05) is 6.61 Å². The minimum Gasteiger partial charge on any atom is -0.462 e. The summed E-state index contributed by atoms with van der Waals surface area (Å²) >= 11 is 0. The van der Waals surface area contributed by atoms with E-state index in [0.717, 1.165) is 12.0 Å². The second-order valence-electron chi connectivity index (χ2n) is 12.8. The Hall–Kier alpha value is -3.56. The summed E-state index contributed by atoms with van der Waals surface area (Å²) < 4.78 is 24.8. The molecule has 9 nitrogen and oxygen atoms in total. The third-order valence-corrected chi connectivity index (χ3v) is 10.7. The van der Waals surface area contributed by atoms with Gasteiger partial charge in [0.05, 0.1) is 17.5 Å². The molecule has 0 bridgehead atoms. The van der Waals surface area contributed by atoms with Crippen LogP contribution in [0, 0.1) is 16.7 Å². The van der Waals surface area contributed by atoms with E-state index in [1.165, 1.54) is 6.20 Å². The van der Waals surface area contributed by atoms with Crippen LogP contribution < -0.4 is 0 Å². The molecular formula is C33H37NO8. The van der Waals surface area contributed by atoms with Crippen molar-refractivity contribution in [3.8, 4) is 0 Å². The van der Waals surface area contributed by atoms with Gasteiger partial charge in [0.2, 0.25) is 0 Å². The lowest BCUT2D eigenvalue weighted by atomic mass is 9.41. The van der Waals surface area contributed by atoms with Crippen LogP contribution in [0.25, 0.3) is 0 Å². The number of nitrogens with zero attached hydrogens (tertiary/aromatic N) is 1. The summed E-state index contributed by atoms with van der Waals surface area (Å²) in [6, 6.07) is 11.9. The van der Waals surface area contributed by atoms with Crippen LogP contribution in [-0.2, 0) is 23.7 Å². The van der Waals surface area contributed by atoms with Gasteiger partial charge in [-0.05, 0) is 56.4 Å². The summed E-state index contributed by atoms with van der Waals surface area (Å²) in [5, 5.41) is 12.4. The maximum Gasteiger partial charge on any atom is 0.339 e. The van der Waals surface area contributed by atoms with Crippen molar-refractivity contribution in [1.82, 2.24) is 4.98 Å². The highest BCUT2D eigenvalue weighted by atomic mass is 16.6. The van der Waals surface area contributed by atoms with Crippen LogP contribution in [0.1, 0.15) is 73.6 Å². The molecule has 6 rings (SSSR count). The molecule has 3 heterocycles. The summed E-state index contributed by atoms with van der Waals surface area (Å²) in [7, 11) is 0. The maximum absolute atomic E-state index is 13.5. The first kappa shape index (κ1) is 28.6. The molecule has 2 saturated heterocycles. The molecule has 2 aliphatic carbocycles. The number of benzene rings is 1. The molecule has 222 valence electrons. The molecule has 2 aliphatic heterocycles. The molecule has 1 N–H and O–H groups in total. The Balaban J connectivity index is 1.47. The van der Waals surface area contributed by atoms with Crippen LogP contribution in [0.3, 0.4) is 0 Å². The summed E-state index contributed by atoms with van der Waals surface area (Å²) in [5.74, 6) is -1.79. The zero-order valence-electron chi connectivity index (χ0n) is 24.2. The van der Waals surface area contributed by atoms with E-state index >= 15 is 0 Å². The van der Waals surface area contributed by atoms with E-state index in [1.807, 2.05) is 19.9 Å². The van der Waals surface area contributed by atoms with E-state index in [9.17, 15) is 19.5 Å². The first-order valence-corrected chi connectivity index (χ1v) is 14.5. The Morgan fingerprint density at radius 1 is 1.05 bits per heavy atom. The third kappa shape index (κ3) is 4.12. The first-order chi connectivity index (χ1) is 19.9. The van der Waals surface area contributed by atoms with Crippen LogP contribution in [0.4, 0.5) is 0 Å². The number of aliphatic hydroxyl groups excluding tert-OH is 1. The highest BCUT2D eigenvalue weighted by Gasteiger charge is 2.76. The number of hydrogen-bond donors (Lipinski definition) is 1. The van der Waals surface area contributed by atoms with Crippen molar-refractivity contribution in [3.05, 3.63) is 78.1 Å². The van der Waals surface area contributed by atoms with Gasteiger partial charge in [-0.2, -0.15) is 0 Å². The van der Waals surface area contributed by atoms with Crippen molar-refractivity contribution in [2.45, 2.75) is 82.4 Å². The molecule has 0 unspecified atom stereocenters. The number of carbonyl (C=O) groups is 3. The number of hydrogen-bond acceptors (Lipinski definition) is 9. The van der Waals surface area contributed by atoms with E-state index in [1.54, 1.807) is 49.5 Å². The molecule has 0 radical (unpaired) electrons. The van der Waals surface area contributed by atoms with Gasteiger partial charge in [-0.1, -0.05) is 44.2 Å². The molecule has 1 spiro atoms. The number of esters is 3. The van der Waals surface area contributed by atoms with E-state index in [4.69, 9.17) is 18.9 Å². The van der Waals surface area contributed by atoms with Crippen molar-refractivity contribution in [3.63, 3.8) is 0 Å². The Bertz CT molecular complexity index is 1410. The molecule has 1 aromatic heterocycles. The Morgan fingerprint density at radius 3 is 2.43 bits per heavy atom. The molecule has 4 fully saturated rings. The zero-order valence-corrected chi connectivity index (χ0v) is 24.2. The van der Waals surface area contributed by atoms with E-state index in [2.05, 4.69) is 11.6 Å². The van der Waals surface area contributed by atoms with Gasteiger partial charge in [-0.15, -0.1) is 0 Å². The quantitative estimate of drug-likeness (QED) is 0.320. The standard InChI is InChI=1S/C33H37NO8/c1-20-10-8-14-23-30(20,2)27(41-28(37)21-11-6-5-7-12-21)26(36)32(4)31(23,3)24(16-33(42-32)17-25(35)39-19-33)40-29(38)22-13-9-15-34-18-22/h5-7,9,11-13,15,18,23-24,26-27,36H,1,8,10,14,16-17,19H2,2-4H3/t23-,24-,26-,27-,30-,31-,32-,33-/m0/s1. The maximum atomic E-state index is 13.5. The number of ether oxygens (including phenoxy) is 4. The van der Waals surface area contributed by atoms with Crippen LogP contribution in [-0.4, -0.2) is 64.1 Å². The molecule has 1 aromatic carbocycles. The fraction of sp³-hybridized carbons (Fsp3) is 0.515. The second kappa shape index (κ2) is 10.0. The summed E-state index contributed by atoms with van der Waals surface area (Å²) in [6.07, 6.45) is 2.30. The van der Waals surface area contributed by atoms with Gasteiger partial charge < -0.3 is 24.1 Å². The average Bonchev–Trinajstić information content (AvgIpc) is 3.34. The van der Waals surface area contributed by atoms with E-state index in [-0.39, 0.29) is 25.4 Å². The van der Waals surface area contributed by atoms with Crippen molar-refractivity contribution in [2.24, 2.45) is 16.7 Å². The Kier molecular flexibility index (Phi) is 6.81. The predicted octanol–water partition coefficient (Wildman–Crippen LogP) is 4.44. The van der Waals surface area contributed by atoms with Gasteiger partial charge in [0.1, 0.15) is 36.1 Å². The van der Waals surface area contributed by atoms with Gasteiger partial charge >= 0.3 is 17.9 Å². The van der Waals surface area contributed by atoms with E-state index in [0.29, 0.717) is 24.0 Å². The van der Waals surface area contributed by atoms with E-state index < -0.39 is 58.3 Å². The summed E-state index contributed by atoms with van der Waals surface area (Å²) in [5.41, 5.74) is -2.82. The molecule has 4 aliphatic rings. The zero-order chi connectivity index (χ0) is 29.9. The number of fused-ring (bicyclic) bond motifs is 3. The van der Waals surface area contributed by atoms with Gasteiger partial charge in [0, 0.05) is 29.6 Å². The fourth-order valence-corrected chi connectivity index (χ4v) is 8.26. The molecule has 8 atom stereocenters. The first-order valence-electron chi connectivity index (χ1n) is 14.5. The number of aromatic nitrogens is 1. The minimum atomic E-state index is -1.40. The monoisotopic (exact) mass is 575 g/mol. The van der Waals surface area contributed by atoms with Crippen molar-refractivity contribution < 1.29 is 38.4 Å².